The van der Waals surface area contributed by atoms with Crippen LogP contribution in [0.1, 0.15) is 32.6 Å². The van der Waals surface area contributed by atoms with Crippen molar-refractivity contribution < 1.29 is 18.0 Å². The SMILES string of the molecule is Cc1cccc(C/C=C/c2cccc(C(F)(F)F)c2)c1C(=O)Nc1cccc2cccnc12. The summed E-state index contributed by atoms with van der Waals surface area (Å²) in [7, 11) is 0. The monoisotopic (exact) mass is 446 g/mol. The van der Waals surface area contributed by atoms with Crippen LogP contribution in [0.2, 0.25) is 0 Å². The number of rotatable bonds is 5. The zero-order valence-corrected chi connectivity index (χ0v) is 17.9. The van der Waals surface area contributed by atoms with Crippen molar-refractivity contribution in [1.29, 1.82) is 0 Å². The van der Waals surface area contributed by atoms with E-state index in [0.717, 1.165) is 28.6 Å². The molecule has 6 heteroatoms. The number of allylic oxidation sites excluding steroid dienone is 1. The van der Waals surface area contributed by atoms with Crippen LogP contribution in [0.4, 0.5) is 18.9 Å². The first-order chi connectivity index (χ1) is 15.8. The Morgan fingerprint density at radius 3 is 2.58 bits per heavy atom. The number of benzene rings is 3. The number of alkyl halides is 3. The molecule has 0 saturated carbocycles. The topological polar surface area (TPSA) is 42.0 Å². The molecule has 1 N–H and O–H groups in total. The average molecular weight is 446 g/mol. The van der Waals surface area contributed by atoms with Crippen molar-refractivity contribution in [3.8, 4) is 0 Å². The van der Waals surface area contributed by atoms with E-state index in [1.54, 1.807) is 30.5 Å². The molecule has 0 unspecified atom stereocenters. The minimum Gasteiger partial charge on any atom is -0.320 e. The summed E-state index contributed by atoms with van der Waals surface area (Å²) in [6.45, 7) is 1.86. The fraction of sp³-hybridized carbons (Fsp3) is 0.111. The Kier molecular flexibility index (Phi) is 6.27. The lowest BCUT2D eigenvalue weighted by Crippen LogP contribution is -2.16. The maximum absolute atomic E-state index is 13.2. The Bertz CT molecular complexity index is 1340. The number of hydrogen-bond acceptors (Lipinski definition) is 2. The molecule has 0 saturated heterocycles. The molecule has 3 nitrogen and oxygen atoms in total. The smallest absolute Gasteiger partial charge is 0.320 e. The fourth-order valence-corrected chi connectivity index (χ4v) is 3.75. The van der Waals surface area contributed by atoms with E-state index in [4.69, 9.17) is 0 Å². The van der Waals surface area contributed by atoms with E-state index < -0.39 is 11.7 Å². The van der Waals surface area contributed by atoms with Crippen LogP contribution in [0.3, 0.4) is 0 Å². The number of fused-ring (bicyclic) bond motifs is 1. The predicted molar refractivity (Wildman–Crippen MR) is 125 cm³/mol. The molecule has 0 aliphatic rings. The summed E-state index contributed by atoms with van der Waals surface area (Å²) < 4.78 is 38.8. The van der Waals surface area contributed by atoms with Gasteiger partial charge in [-0.2, -0.15) is 13.2 Å². The van der Waals surface area contributed by atoms with Crippen molar-refractivity contribution in [1.82, 2.24) is 4.98 Å². The van der Waals surface area contributed by atoms with Crippen LogP contribution in [0.15, 0.2) is 85.1 Å². The fourth-order valence-electron chi connectivity index (χ4n) is 3.75. The highest BCUT2D eigenvalue weighted by atomic mass is 19.4. The lowest BCUT2D eigenvalue weighted by Gasteiger charge is -2.13. The van der Waals surface area contributed by atoms with Crippen molar-refractivity contribution in [3.05, 3.63) is 113 Å². The molecule has 1 heterocycles. The first-order valence-electron chi connectivity index (χ1n) is 10.4. The molecule has 0 spiro atoms. The normalized spacial score (nSPS) is 11.8. The minimum absolute atomic E-state index is 0.256. The molecule has 0 aliphatic heterocycles. The lowest BCUT2D eigenvalue weighted by molar-refractivity contribution is -0.137. The standard InChI is InChI=1S/C27H21F3N2O/c1-18-7-2-10-20(11-3-8-19-9-4-14-22(17-19)27(28,29)30)24(18)26(33)32-23-15-5-12-21-13-6-16-31-25(21)23/h2-10,12-17H,11H2,1H3,(H,32,33)/b8-3+. The molecule has 0 aliphatic carbocycles. The van der Waals surface area contributed by atoms with Crippen molar-refractivity contribution in [2.75, 3.05) is 5.32 Å². The van der Waals surface area contributed by atoms with E-state index in [-0.39, 0.29) is 5.91 Å². The van der Waals surface area contributed by atoms with Gasteiger partial charge in [0.05, 0.1) is 16.8 Å². The van der Waals surface area contributed by atoms with Crippen LogP contribution >= 0.6 is 0 Å². The van der Waals surface area contributed by atoms with Gasteiger partial charge in [0.25, 0.3) is 5.91 Å². The molecular weight excluding hydrogens is 425 g/mol. The zero-order valence-electron chi connectivity index (χ0n) is 17.9. The van der Waals surface area contributed by atoms with Crippen LogP contribution in [0, 0.1) is 6.92 Å². The van der Waals surface area contributed by atoms with Gasteiger partial charge in [-0.15, -0.1) is 0 Å². The highest BCUT2D eigenvalue weighted by Crippen LogP contribution is 2.30. The number of nitrogens with one attached hydrogen (secondary N) is 1. The molecule has 4 aromatic rings. The molecule has 0 bridgehead atoms. The predicted octanol–water partition coefficient (Wildman–Crippen LogP) is 7.07. The minimum atomic E-state index is -4.39. The first kappa shape index (κ1) is 22.3. The van der Waals surface area contributed by atoms with E-state index in [1.165, 1.54) is 6.07 Å². The van der Waals surface area contributed by atoms with Gasteiger partial charge in [-0.05, 0) is 54.3 Å². The van der Waals surface area contributed by atoms with Gasteiger partial charge in [0.15, 0.2) is 0 Å². The molecular formula is C27H21F3N2O. The quantitative estimate of drug-likeness (QED) is 0.356. The van der Waals surface area contributed by atoms with Crippen molar-refractivity contribution in [2.45, 2.75) is 19.5 Å². The van der Waals surface area contributed by atoms with Gasteiger partial charge in [0.2, 0.25) is 0 Å². The Morgan fingerprint density at radius 1 is 1.00 bits per heavy atom. The number of hydrogen-bond donors (Lipinski definition) is 1. The third-order valence-electron chi connectivity index (χ3n) is 5.33. The number of carbonyl (C=O) groups excluding carboxylic acids is 1. The molecule has 0 atom stereocenters. The molecule has 4 rings (SSSR count). The second kappa shape index (κ2) is 9.28. The molecule has 1 amide bonds. The molecule has 166 valence electrons. The highest BCUT2D eigenvalue weighted by Gasteiger charge is 2.30. The average Bonchev–Trinajstić information content (AvgIpc) is 2.79. The van der Waals surface area contributed by atoms with Crippen molar-refractivity contribution in [3.63, 3.8) is 0 Å². The first-order valence-corrected chi connectivity index (χ1v) is 10.4. The third-order valence-corrected chi connectivity index (χ3v) is 5.33. The van der Waals surface area contributed by atoms with Gasteiger partial charge in [-0.3, -0.25) is 9.78 Å². The summed E-state index contributed by atoms with van der Waals surface area (Å²) in [6.07, 6.45) is 1.08. The van der Waals surface area contributed by atoms with Crippen LogP contribution < -0.4 is 5.32 Å². The maximum Gasteiger partial charge on any atom is 0.416 e. The van der Waals surface area contributed by atoms with Crippen LogP contribution in [0.5, 0.6) is 0 Å². The van der Waals surface area contributed by atoms with Gasteiger partial charge in [-0.25, -0.2) is 0 Å². The number of carbonyl (C=O) groups is 1. The van der Waals surface area contributed by atoms with E-state index >= 15 is 0 Å². The molecule has 0 fully saturated rings. The lowest BCUT2D eigenvalue weighted by atomic mass is 9.98. The van der Waals surface area contributed by atoms with E-state index in [2.05, 4.69) is 10.3 Å². The van der Waals surface area contributed by atoms with Gasteiger partial charge < -0.3 is 5.32 Å². The molecule has 1 aromatic heterocycles. The molecule has 33 heavy (non-hydrogen) atoms. The van der Waals surface area contributed by atoms with Crippen LogP contribution in [0.25, 0.3) is 17.0 Å². The summed E-state index contributed by atoms with van der Waals surface area (Å²) in [5.41, 5.74) is 3.21. The number of amides is 1. The van der Waals surface area contributed by atoms with Crippen LogP contribution in [-0.4, -0.2) is 10.9 Å². The largest absolute Gasteiger partial charge is 0.416 e. The van der Waals surface area contributed by atoms with Crippen LogP contribution in [-0.2, 0) is 12.6 Å². The summed E-state index contributed by atoms with van der Waals surface area (Å²) in [6, 6.07) is 20.1. The third kappa shape index (κ3) is 5.12. The summed E-state index contributed by atoms with van der Waals surface area (Å²) >= 11 is 0. The summed E-state index contributed by atoms with van der Waals surface area (Å²) in [5, 5.41) is 3.88. The maximum atomic E-state index is 13.2. The van der Waals surface area contributed by atoms with Gasteiger partial charge >= 0.3 is 6.18 Å². The number of halogens is 3. The van der Waals surface area contributed by atoms with Crippen molar-refractivity contribution in [2.24, 2.45) is 0 Å². The van der Waals surface area contributed by atoms with Gasteiger partial charge in [-0.1, -0.05) is 60.7 Å². The number of aryl methyl sites for hydroxylation is 1. The number of aromatic nitrogens is 1. The zero-order chi connectivity index (χ0) is 23.4. The van der Waals surface area contributed by atoms with Gasteiger partial charge in [0, 0.05) is 17.1 Å². The highest BCUT2D eigenvalue weighted by molar-refractivity contribution is 6.09. The second-order valence-electron chi connectivity index (χ2n) is 7.67. The Balaban J connectivity index is 1.57. The second-order valence-corrected chi connectivity index (χ2v) is 7.67. The number of anilines is 1. The number of pyridine rings is 1. The number of para-hydroxylation sites is 1. The molecule has 3 aromatic carbocycles. The van der Waals surface area contributed by atoms with E-state index in [1.807, 2.05) is 49.4 Å². The Hall–Kier alpha value is -3.93. The summed E-state index contributed by atoms with van der Waals surface area (Å²) in [4.78, 5) is 17.6. The van der Waals surface area contributed by atoms with E-state index in [0.29, 0.717) is 28.8 Å². The molecule has 0 radical (unpaired) electrons. The van der Waals surface area contributed by atoms with Gasteiger partial charge in [0.1, 0.15) is 0 Å². The summed E-state index contributed by atoms with van der Waals surface area (Å²) in [5.74, 6) is -0.256. The van der Waals surface area contributed by atoms with Crippen molar-refractivity contribution >= 4 is 28.6 Å². The Morgan fingerprint density at radius 2 is 1.76 bits per heavy atom. The Labute approximate surface area is 189 Å². The van der Waals surface area contributed by atoms with E-state index in [9.17, 15) is 18.0 Å². The number of nitrogens with zero attached hydrogens (tertiary/aromatic N) is 1.